The first kappa shape index (κ1) is 15.4. The summed E-state index contributed by atoms with van der Waals surface area (Å²) in [6.07, 6.45) is 1.40. The zero-order valence-electron chi connectivity index (χ0n) is 9.10. The molecule has 0 bridgehead atoms. The molecule has 0 saturated heterocycles. The molecule has 0 radical (unpaired) electrons. The number of rotatable bonds is 3. The Hall–Kier alpha value is 0.441. The monoisotopic (exact) mass is 242 g/mol. The Kier molecular flexibility index (Phi) is 5.84. The molecular formula is C8H11BF3KN2. The molecule has 1 heterocycles. The first-order valence-corrected chi connectivity index (χ1v) is 4.18. The molecule has 0 fully saturated rings. The van der Waals surface area contributed by atoms with E-state index in [-0.39, 0.29) is 57.9 Å². The second-order valence-electron chi connectivity index (χ2n) is 3.28. The number of halogens is 3. The van der Waals surface area contributed by atoms with Crippen molar-refractivity contribution in [2.45, 2.75) is 20.4 Å². The van der Waals surface area contributed by atoms with Gasteiger partial charge < -0.3 is 17.5 Å². The molecule has 0 unspecified atom stereocenters. The Morgan fingerprint density at radius 1 is 1.47 bits per heavy atom. The quantitative estimate of drug-likeness (QED) is 0.650. The first-order valence-electron chi connectivity index (χ1n) is 4.18. The van der Waals surface area contributed by atoms with Crippen molar-refractivity contribution in [2.75, 3.05) is 0 Å². The fourth-order valence-electron chi connectivity index (χ4n) is 1.03. The Labute approximate surface area is 129 Å². The summed E-state index contributed by atoms with van der Waals surface area (Å²) >= 11 is 0. The molecule has 0 aromatic carbocycles. The maximum Gasteiger partial charge on any atom is 1.00 e. The van der Waals surface area contributed by atoms with E-state index in [1.54, 1.807) is 13.8 Å². The van der Waals surface area contributed by atoms with Crippen LogP contribution < -0.4 is 51.4 Å². The molecule has 2 nitrogen and oxygen atoms in total. The van der Waals surface area contributed by atoms with Gasteiger partial charge in [-0.25, -0.2) is 4.98 Å². The smallest absolute Gasteiger partial charge is 0.445 e. The number of hydrogen-bond acceptors (Lipinski definition) is 1. The van der Waals surface area contributed by atoms with E-state index in [9.17, 15) is 12.9 Å². The molecule has 15 heavy (non-hydrogen) atoms. The largest absolute Gasteiger partial charge is 1.00 e. The Morgan fingerprint density at radius 2 is 2.00 bits per heavy atom. The zero-order valence-corrected chi connectivity index (χ0v) is 12.2. The topological polar surface area (TPSA) is 17.8 Å². The van der Waals surface area contributed by atoms with Gasteiger partial charge in [-0.15, -0.1) is 12.1 Å². The average molecular weight is 242 g/mol. The standard InChI is InChI=1S/C8H11BF3N2.K/c1-6(9(10,11)12)4-14-5-13-7(2)8(14)3;/h5H,1,4H2,2-3H3;/q-1;+1. The van der Waals surface area contributed by atoms with Crippen molar-refractivity contribution in [1.82, 2.24) is 9.55 Å². The molecule has 1 aromatic rings. The SMILES string of the molecule is C=C(Cn1cnc(C)c1C)[B-](F)(F)F.[K+]. The van der Waals surface area contributed by atoms with Crippen LogP contribution in [-0.4, -0.2) is 16.5 Å². The number of aryl methyl sites for hydroxylation is 1. The minimum absolute atomic E-state index is 0. The number of nitrogens with zero attached hydrogens (tertiary/aromatic N) is 2. The molecule has 0 aliphatic carbocycles. The molecule has 78 valence electrons. The summed E-state index contributed by atoms with van der Waals surface area (Å²) in [7, 11) is 0. The molecule has 1 aromatic heterocycles. The molecule has 0 amide bonds. The van der Waals surface area contributed by atoms with E-state index in [1.165, 1.54) is 10.9 Å². The van der Waals surface area contributed by atoms with Crippen molar-refractivity contribution in [3.05, 3.63) is 29.8 Å². The van der Waals surface area contributed by atoms with Crippen LogP contribution in [0.1, 0.15) is 11.4 Å². The van der Waals surface area contributed by atoms with Crippen LogP contribution in [0, 0.1) is 13.8 Å². The Balaban J connectivity index is 0.00000196. The fourth-order valence-corrected chi connectivity index (χ4v) is 1.03. The predicted molar refractivity (Wildman–Crippen MR) is 49.9 cm³/mol. The fraction of sp³-hybridized carbons (Fsp3) is 0.375. The summed E-state index contributed by atoms with van der Waals surface area (Å²) in [4.78, 5) is 3.91. The number of hydrogen-bond donors (Lipinski definition) is 0. The van der Waals surface area contributed by atoms with Crippen LogP contribution in [0.3, 0.4) is 0 Å². The van der Waals surface area contributed by atoms with Gasteiger partial charge in [0.05, 0.1) is 12.0 Å². The molecule has 0 N–H and O–H groups in total. The third-order valence-corrected chi connectivity index (χ3v) is 2.18. The minimum atomic E-state index is -4.95. The summed E-state index contributed by atoms with van der Waals surface area (Å²) in [6.45, 7) is 1.35. The molecule has 0 spiro atoms. The van der Waals surface area contributed by atoms with E-state index in [0.717, 1.165) is 11.4 Å². The van der Waals surface area contributed by atoms with Gasteiger partial charge in [0.15, 0.2) is 0 Å². The van der Waals surface area contributed by atoms with Gasteiger partial charge in [-0.1, -0.05) is 0 Å². The molecule has 0 saturated carbocycles. The van der Waals surface area contributed by atoms with Gasteiger partial charge in [-0.3, -0.25) is 0 Å². The average Bonchev–Trinajstić information content (AvgIpc) is 2.34. The molecule has 1 rings (SSSR count). The summed E-state index contributed by atoms with van der Waals surface area (Å²) in [6, 6.07) is 0. The van der Waals surface area contributed by atoms with Gasteiger partial charge in [0.1, 0.15) is 0 Å². The van der Waals surface area contributed by atoms with E-state index in [2.05, 4.69) is 11.6 Å². The molecule has 0 aliphatic heterocycles. The summed E-state index contributed by atoms with van der Waals surface area (Å²) in [5.41, 5.74) is 0.782. The summed E-state index contributed by atoms with van der Waals surface area (Å²) in [5.74, 6) is 0. The minimum Gasteiger partial charge on any atom is -0.445 e. The molecule has 0 aliphatic rings. The van der Waals surface area contributed by atoms with Crippen molar-refractivity contribution in [3.63, 3.8) is 0 Å². The predicted octanol–water partition coefficient (Wildman–Crippen LogP) is -0.553. The van der Waals surface area contributed by atoms with Crippen molar-refractivity contribution in [2.24, 2.45) is 0 Å². The van der Waals surface area contributed by atoms with E-state index in [0.29, 0.717) is 0 Å². The normalized spacial score (nSPS) is 11.0. The van der Waals surface area contributed by atoms with Crippen molar-refractivity contribution < 1.29 is 64.3 Å². The second-order valence-corrected chi connectivity index (χ2v) is 3.28. The third-order valence-electron chi connectivity index (χ3n) is 2.18. The molecule has 0 atom stereocenters. The van der Waals surface area contributed by atoms with Crippen LogP contribution >= 0.6 is 0 Å². The number of imidazole rings is 1. The second kappa shape index (κ2) is 5.68. The maximum atomic E-state index is 12.2. The van der Waals surface area contributed by atoms with Crippen LogP contribution in [0.25, 0.3) is 0 Å². The van der Waals surface area contributed by atoms with Crippen molar-refractivity contribution >= 4 is 6.98 Å². The molecular weight excluding hydrogens is 231 g/mol. The number of aromatic nitrogens is 2. The van der Waals surface area contributed by atoms with Gasteiger partial charge in [-0.05, 0) is 13.8 Å². The molecule has 7 heteroatoms. The van der Waals surface area contributed by atoms with E-state index in [1.807, 2.05) is 0 Å². The zero-order chi connectivity index (χ0) is 10.9. The van der Waals surface area contributed by atoms with Gasteiger partial charge in [0.25, 0.3) is 0 Å². The Bertz CT molecular complexity index is 359. The van der Waals surface area contributed by atoms with E-state index < -0.39 is 12.4 Å². The van der Waals surface area contributed by atoms with Crippen LogP contribution in [-0.2, 0) is 6.54 Å². The summed E-state index contributed by atoms with van der Waals surface area (Å²) < 4.78 is 38.1. The first-order chi connectivity index (χ1) is 6.32. The number of allylic oxidation sites excluding steroid dienone is 1. The van der Waals surface area contributed by atoms with E-state index in [4.69, 9.17) is 0 Å². The van der Waals surface area contributed by atoms with Crippen molar-refractivity contribution in [3.8, 4) is 0 Å². The van der Waals surface area contributed by atoms with Crippen LogP contribution in [0.15, 0.2) is 18.4 Å². The summed E-state index contributed by atoms with van der Waals surface area (Å²) in [5, 5.41) is 0. The van der Waals surface area contributed by atoms with Gasteiger partial charge >= 0.3 is 58.4 Å². The Morgan fingerprint density at radius 3 is 2.33 bits per heavy atom. The van der Waals surface area contributed by atoms with E-state index >= 15 is 0 Å². The van der Waals surface area contributed by atoms with Crippen LogP contribution in [0.4, 0.5) is 12.9 Å². The van der Waals surface area contributed by atoms with Gasteiger partial charge in [0, 0.05) is 12.2 Å². The van der Waals surface area contributed by atoms with Crippen LogP contribution in [0.2, 0.25) is 0 Å². The van der Waals surface area contributed by atoms with Crippen LogP contribution in [0.5, 0.6) is 0 Å². The van der Waals surface area contributed by atoms with Gasteiger partial charge in [0.2, 0.25) is 0 Å². The maximum absolute atomic E-state index is 12.2. The third kappa shape index (κ3) is 4.07. The van der Waals surface area contributed by atoms with Crippen molar-refractivity contribution in [1.29, 1.82) is 0 Å². The van der Waals surface area contributed by atoms with Gasteiger partial charge in [-0.2, -0.15) is 0 Å².